The number of nitrogens with one attached hydrogen (secondary N) is 1. The van der Waals surface area contributed by atoms with Crippen molar-refractivity contribution in [2.45, 2.75) is 38.1 Å². The number of methoxy groups -OCH3 is 1. The minimum atomic E-state index is 0.659. The van der Waals surface area contributed by atoms with Crippen molar-refractivity contribution in [3.05, 3.63) is 24.3 Å². The van der Waals surface area contributed by atoms with Crippen LogP contribution in [0.1, 0.15) is 32.1 Å². The van der Waals surface area contributed by atoms with Gasteiger partial charge in [0.1, 0.15) is 11.5 Å². The van der Waals surface area contributed by atoms with Crippen LogP contribution in [0, 0.1) is 0 Å². The van der Waals surface area contributed by atoms with Gasteiger partial charge in [-0.25, -0.2) is 0 Å². The molecule has 118 valence electrons. The quantitative estimate of drug-likeness (QED) is 0.711. The zero-order chi connectivity index (χ0) is 14.8. The first-order valence-corrected chi connectivity index (χ1v) is 7.96. The van der Waals surface area contributed by atoms with Gasteiger partial charge in [-0.05, 0) is 37.9 Å². The normalized spacial score (nSPS) is 18.4. The lowest BCUT2D eigenvalue weighted by atomic mass is 10.0. The van der Waals surface area contributed by atoms with Crippen LogP contribution in [-0.4, -0.2) is 39.5 Å². The summed E-state index contributed by atoms with van der Waals surface area (Å²) >= 11 is 0. The minimum Gasteiger partial charge on any atom is -0.497 e. The summed E-state index contributed by atoms with van der Waals surface area (Å²) in [5, 5.41) is 3.54. The smallest absolute Gasteiger partial charge is 0.122 e. The molecule has 1 aromatic rings. The molecule has 1 aliphatic heterocycles. The lowest BCUT2D eigenvalue weighted by Gasteiger charge is -2.23. The molecule has 1 atom stereocenters. The maximum absolute atomic E-state index is 5.67. The van der Waals surface area contributed by atoms with E-state index in [4.69, 9.17) is 14.2 Å². The van der Waals surface area contributed by atoms with Gasteiger partial charge >= 0.3 is 0 Å². The van der Waals surface area contributed by atoms with Gasteiger partial charge in [0.05, 0.1) is 13.7 Å². The molecule has 1 saturated heterocycles. The zero-order valence-electron chi connectivity index (χ0n) is 13.0. The SMILES string of the molecule is COc1cccc(OCCCOCCC2CCCCN2)c1. The Morgan fingerprint density at radius 2 is 2.05 bits per heavy atom. The van der Waals surface area contributed by atoms with Crippen LogP contribution in [0.2, 0.25) is 0 Å². The molecule has 0 aromatic heterocycles. The van der Waals surface area contributed by atoms with Gasteiger partial charge in [0.15, 0.2) is 0 Å². The van der Waals surface area contributed by atoms with Gasteiger partial charge in [0.25, 0.3) is 0 Å². The third-order valence-electron chi connectivity index (χ3n) is 3.77. The molecule has 1 aliphatic rings. The van der Waals surface area contributed by atoms with Crippen molar-refractivity contribution in [3.8, 4) is 11.5 Å². The third-order valence-corrected chi connectivity index (χ3v) is 3.77. The predicted molar refractivity (Wildman–Crippen MR) is 84.2 cm³/mol. The summed E-state index contributed by atoms with van der Waals surface area (Å²) in [7, 11) is 1.66. The molecule has 1 heterocycles. The van der Waals surface area contributed by atoms with Crippen molar-refractivity contribution < 1.29 is 14.2 Å². The molecular weight excluding hydrogens is 266 g/mol. The van der Waals surface area contributed by atoms with Crippen LogP contribution in [0.3, 0.4) is 0 Å². The van der Waals surface area contributed by atoms with E-state index in [1.165, 1.54) is 25.8 Å². The van der Waals surface area contributed by atoms with E-state index in [9.17, 15) is 0 Å². The second kappa shape index (κ2) is 9.64. The molecule has 1 fully saturated rings. The molecule has 4 heteroatoms. The van der Waals surface area contributed by atoms with Crippen molar-refractivity contribution in [3.63, 3.8) is 0 Å². The topological polar surface area (TPSA) is 39.7 Å². The van der Waals surface area contributed by atoms with Crippen molar-refractivity contribution >= 4 is 0 Å². The van der Waals surface area contributed by atoms with Crippen LogP contribution in [-0.2, 0) is 4.74 Å². The first kappa shape index (κ1) is 16.1. The molecule has 0 spiro atoms. The fourth-order valence-electron chi connectivity index (χ4n) is 2.54. The van der Waals surface area contributed by atoms with Gasteiger partial charge in [-0.3, -0.25) is 0 Å². The second-order valence-corrected chi connectivity index (χ2v) is 5.43. The molecule has 2 rings (SSSR count). The van der Waals surface area contributed by atoms with Crippen LogP contribution in [0.15, 0.2) is 24.3 Å². The lowest BCUT2D eigenvalue weighted by molar-refractivity contribution is 0.108. The standard InChI is InChI=1S/C17H27NO3/c1-19-16-7-4-8-17(14-16)21-12-5-11-20-13-9-15-6-2-3-10-18-15/h4,7-8,14-15,18H,2-3,5-6,9-13H2,1H3. The molecule has 0 bridgehead atoms. The summed E-state index contributed by atoms with van der Waals surface area (Å²) in [6.45, 7) is 3.45. The van der Waals surface area contributed by atoms with Gasteiger partial charge < -0.3 is 19.5 Å². The van der Waals surface area contributed by atoms with Crippen LogP contribution in [0.4, 0.5) is 0 Å². The van der Waals surface area contributed by atoms with Gasteiger partial charge in [-0.15, -0.1) is 0 Å². The number of rotatable bonds is 9. The molecule has 1 N–H and O–H groups in total. The first-order valence-electron chi connectivity index (χ1n) is 7.96. The maximum atomic E-state index is 5.67. The third kappa shape index (κ3) is 6.36. The van der Waals surface area contributed by atoms with Gasteiger partial charge in [-0.1, -0.05) is 12.5 Å². The number of ether oxygens (including phenoxy) is 3. The maximum Gasteiger partial charge on any atom is 0.122 e. The number of piperidine rings is 1. The Hall–Kier alpha value is -1.26. The van der Waals surface area contributed by atoms with Crippen molar-refractivity contribution in [1.29, 1.82) is 0 Å². The Balaban J connectivity index is 1.47. The Kier molecular flexibility index (Phi) is 7.39. The summed E-state index contributed by atoms with van der Waals surface area (Å²) in [4.78, 5) is 0. The molecule has 1 aromatic carbocycles. The van der Waals surface area contributed by atoms with Crippen LogP contribution in [0.25, 0.3) is 0 Å². The van der Waals surface area contributed by atoms with E-state index >= 15 is 0 Å². The molecule has 0 amide bonds. The van der Waals surface area contributed by atoms with Gasteiger partial charge in [0, 0.05) is 31.7 Å². The summed E-state index contributed by atoms with van der Waals surface area (Å²) in [6, 6.07) is 8.34. The van der Waals surface area contributed by atoms with Gasteiger partial charge in [-0.2, -0.15) is 0 Å². The van der Waals surface area contributed by atoms with Crippen LogP contribution < -0.4 is 14.8 Å². The average Bonchev–Trinajstić information content (AvgIpc) is 2.55. The van der Waals surface area contributed by atoms with Crippen molar-refractivity contribution in [1.82, 2.24) is 5.32 Å². The minimum absolute atomic E-state index is 0.659. The van der Waals surface area contributed by atoms with E-state index < -0.39 is 0 Å². The van der Waals surface area contributed by atoms with Gasteiger partial charge in [0.2, 0.25) is 0 Å². The molecule has 4 nitrogen and oxygen atoms in total. The van der Waals surface area contributed by atoms with E-state index in [0.717, 1.165) is 37.6 Å². The molecular formula is C17H27NO3. The number of benzene rings is 1. The average molecular weight is 293 g/mol. The molecule has 21 heavy (non-hydrogen) atoms. The van der Waals surface area contributed by atoms with E-state index in [1.54, 1.807) is 7.11 Å². The van der Waals surface area contributed by atoms with Crippen LogP contribution >= 0.6 is 0 Å². The van der Waals surface area contributed by atoms with Crippen molar-refractivity contribution in [2.24, 2.45) is 0 Å². The lowest BCUT2D eigenvalue weighted by Crippen LogP contribution is -2.34. The summed E-state index contributed by atoms with van der Waals surface area (Å²) in [5.74, 6) is 1.67. The highest BCUT2D eigenvalue weighted by molar-refractivity contribution is 5.32. The fraction of sp³-hybridized carbons (Fsp3) is 0.647. The highest BCUT2D eigenvalue weighted by Gasteiger charge is 2.11. The zero-order valence-corrected chi connectivity index (χ0v) is 13.0. The molecule has 0 saturated carbocycles. The monoisotopic (exact) mass is 293 g/mol. The summed E-state index contributed by atoms with van der Waals surface area (Å²) < 4.78 is 16.5. The highest BCUT2D eigenvalue weighted by atomic mass is 16.5. The van der Waals surface area contributed by atoms with E-state index in [1.807, 2.05) is 24.3 Å². The summed E-state index contributed by atoms with van der Waals surface area (Å²) in [6.07, 6.45) is 6.00. The Bertz CT molecular complexity index is 391. The van der Waals surface area contributed by atoms with Crippen LogP contribution in [0.5, 0.6) is 11.5 Å². The molecule has 0 aliphatic carbocycles. The predicted octanol–water partition coefficient (Wildman–Crippen LogP) is 3.01. The Labute approximate surface area is 127 Å². The van der Waals surface area contributed by atoms with E-state index in [0.29, 0.717) is 12.6 Å². The van der Waals surface area contributed by atoms with E-state index in [-0.39, 0.29) is 0 Å². The van der Waals surface area contributed by atoms with E-state index in [2.05, 4.69) is 5.32 Å². The first-order chi connectivity index (χ1) is 10.4. The Morgan fingerprint density at radius 1 is 1.14 bits per heavy atom. The number of hydrogen-bond acceptors (Lipinski definition) is 4. The molecule has 0 radical (unpaired) electrons. The largest absolute Gasteiger partial charge is 0.497 e. The number of hydrogen-bond donors (Lipinski definition) is 1. The summed E-state index contributed by atoms with van der Waals surface area (Å²) in [5.41, 5.74) is 0. The van der Waals surface area contributed by atoms with Crippen molar-refractivity contribution in [2.75, 3.05) is 33.5 Å². The Morgan fingerprint density at radius 3 is 2.86 bits per heavy atom. The second-order valence-electron chi connectivity index (χ2n) is 5.43. The fourth-order valence-corrected chi connectivity index (χ4v) is 2.54. The highest BCUT2D eigenvalue weighted by Crippen LogP contribution is 2.18. The molecule has 1 unspecified atom stereocenters.